The van der Waals surface area contributed by atoms with E-state index in [1.807, 2.05) is 24.3 Å². The van der Waals surface area contributed by atoms with Crippen molar-refractivity contribution in [2.24, 2.45) is 0 Å². The molecule has 1 aromatic heterocycles. The first-order valence-corrected chi connectivity index (χ1v) is 8.26. The number of rotatable bonds is 6. The molecule has 0 amide bonds. The molecule has 1 aromatic carbocycles. The lowest BCUT2D eigenvalue weighted by Gasteiger charge is -2.32. The molecule has 3 rings (SSSR count). The number of hydrogen-bond donors (Lipinski definition) is 0. The SMILES string of the molecule is COCC1(c2nc(C(OC)c3ccccc3Cl)no2)CCOCC1. The molecule has 0 radical (unpaired) electrons. The van der Waals surface area contributed by atoms with E-state index < -0.39 is 6.10 Å². The number of halogens is 1. The van der Waals surface area contributed by atoms with E-state index in [4.69, 9.17) is 30.3 Å². The summed E-state index contributed by atoms with van der Waals surface area (Å²) in [6.07, 6.45) is 1.09. The van der Waals surface area contributed by atoms with Crippen LogP contribution in [-0.4, -0.2) is 44.2 Å². The van der Waals surface area contributed by atoms with Crippen LogP contribution in [0.2, 0.25) is 5.02 Å². The molecule has 0 spiro atoms. The van der Waals surface area contributed by atoms with Gasteiger partial charge >= 0.3 is 0 Å². The summed E-state index contributed by atoms with van der Waals surface area (Å²) in [4.78, 5) is 4.62. The zero-order valence-electron chi connectivity index (χ0n) is 13.8. The van der Waals surface area contributed by atoms with Gasteiger partial charge in [0.05, 0.1) is 12.0 Å². The summed E-state index contributed by atoms with van der Waals surface area (Å²) in [6, 6.07) is 7.48. The van der Waals surface area contributed by atoms with Crippen LogP contribution in [0.3, 0.4) is 0 Å². The van der Waals surface area contributed by atoms with Crippen molar-refractivity contribution >= 4 is 11.6 Å². The Labute approximate surface area is 146 Å². The molecule has 24 heavy (non-hydrogen) atoms. The van der Waals surface area contributed by atoms with Crippen LogP contribution in [0.15, 0.2) is 28.8 Å². The van der Waals surface area contributed by atoms with Crippen molar-refractivity contribution in [3.05, 3.63) is 46.6 Å². The Bertz CT molecular complexity index is 665. The third kappa shape index (κ3) is 3.32. The molecule has 2 aromatic rings. The number of ether oxygens (including phenoxy) is 3. The predicted molar refractivity (Wildman–Crippen MR) is 88.2 cm³/mol. The maximum absolute atomic E-state index is 6.28. The molecule has 1 atom stereocenters. The van der Waals surface area contributed by atoms with E-state index in [2.05, 4.69) is 10.1 Å². The summed E-state index contributed by atoms with van der Waals surface area (Å²) >= 11 is 6.28. The first-order valence-electron chi connectivity index (χ1n) is 7.88. The van der Waals surface area contributed by atoms with Crippen LogP contribution in [-0.2, 0) is 19.6 Å². The van der Waals surface area contributed by atoms with Gasteiger partial charge in [0.15, 0.2) is 0 Å². The number of methoxy groups -OCH3 is 2. The highest BCUT2D eigenvalue weighted by atomic mass is 35.5. The molecule has 0 aliphatic carbocycles. The van der Waals surface area contributed by atoms with E-state index in [1.165, 1.54) is 0 Å². The molecule has 2 heterocycles. The summed E-state index contributed by atoms with van der Waals surface area (Å²) in [5, 5.41) is 4.75. The van der Waals surface area contributed by atoms with E-state index in [0.717, 1.165) is 18.4 Å². The van der Waals surface area contributed by atoms with Gasteiger partial charge in [-0.1, -0.05) is 35.0 Å². The zero-order valence-corrected chi connectivity index (χ0v) is 14.6. The number of aromatic nitrogens is 2. The quantitative estimate of drug-likeness (QED) is 0.795. The Balaban J connectivity index is 1.92. The molecule has 1 unspecified atom stereocenters. The Morgan fingerprint density at radius 2 is 2.00 bits per heavy atom. The van der Waals surface area contributed by atoms with E-state index in [9.17, 15) is 0 Å². The van der Waals surface area contributed by atoms with Gasteiger partial charge in [0.1, 0.15) is 6.10 Å². The molecular formula is C17H21ClN2O4. The predicted octanol–water partition coefficient (Wildman–Crippen LogP) is 3.15. The average molecular weight is 353 g/mol. The first kappa shape index (κ1) is 17.4. The first-order chi connectivity index (χ1) is 11.7. The van der Waals surface area contributed by atoms with Gasteiger partial charge in [0.2, 0.25) is 11.7 Å². The molecular weight excluding hydrogens is 332 g/mol. The smallest absolute Gasteiger partial charge is 0.235 e. The van der Waals surface area contributed by atoms with Crippen molar-refractivity contribution < 1.29 is 18.7 Å². The number of hydrogen-bond acceptors (Lipinski definition) is 6. The molecule has 1 aliphatic heterocycles. The normalized spacial score (nSPS) is 18.5. The molecule has 7 heteroatoms. The van der Waals surface area contributed by atoms with Gasteiger partial charge < -0.3 is 18.7 Å². The minimum absolute atomic E-state index is 0.309. The Morgan fingerprint density at radius 3 is 2.67 bits per heavy atom. The molecule has 0 bridgehead atoms. The minimum atomic E-state index is -0.476. The third-order valence-corrected chi connectivity index (χ3v) is 4.77. The third-order valence-electron chi connectivity index (χ3n) is 4.42. The van der Waals surface area contributed by atoms with Crippen LogP contribution in [0.5, 0.6) is 0 Å². The average Bonchev–Trinajstić information content (AvgIpc) is 3.09. The Morgan fingerprint density at radius 1 is 1.25 bits per heavy atom. The van der Waals surface area contributed by atoms with Crippen molar-refractivity contribution in [3.63, 3.8) is 0 Å². The molecule has 0 saturated carbocycles. The molecule has 0 N–H and O–H groups in total. The van der Waals surface area contributed by atoms with Gasteiger partial charge in [-0.2, -0.15) is 4.98 Å². The van der Waals surface area contributed by atoms with Crippen molar-refractivity contribution in [2.45, 2.75) is 24.4 Å². The van der Waals surface area contributed by atoms with E-state index in [0.29, 0.717) is 36.6 Å². The fourth-order valence-corrected chi connectivity index (χ4v) is 3.31. The Hall–Kier alpha value is -1.47. The van der Waals surface area contributed by atoms with Crippen LogP contribution in [0.25, 0.3) is 0 Å². The second kappa shape index (κ2) is 7.61. The van der Waals surface area contributed by atoms with Gasteiger partial charge in [-0.15, -0.1) is 0 Å². The lowest BCUT2D eigenvalue weighted by molar-refractivity contribution is 0.000214. The van der Waals surface area contributed by atoms with Gasteiger partial charge in [-0.3, -0.25) is 0 Å². The number of benzene rings is 1. The van der Waals surface area contributed by atoms with Crippen LogP contribution in [0, 0.1) is 0 Å². The van der Waals surface area contributed by atoms with Crippen LogP contribution in [0.4, 0.5) is 0 Å². The monoisotopic (exact) mass is 352 g/mol. The highest BCUT2D eigenvalue weighted by Gasteiger charge is 2.40. The maximum Gasteiger partial charge on any atom is 0.235 e. The van der Waals surface area contributed by atoms with Crippen LogP contribution in [0.1, 0.15) is 36.2 Å². The van der Waals surface area contributed by atoms with E-state index in [-0.39, 0.29) is 5.41 Å². The van der Waals surface area contributed by atoms with Crippen LogP contribution >= 0.6 is 11.6 Å². The standard InChI is InChI=1S/C17H21ClN2O4/c1-21-11-17(7-9-23-10-8-17)16-19-15(20-24-16)14(22-2)12-5-3-4-6-13(12)18/h3-6,14H,7-11H2,1-2H3. The van der Waals surface area contributed by atoms with Crippen molar-refractivity contribution in [1.29, 1.82) is 0 Å². The van der Waals surface area contributed by atoms with E-state index >= 15 is 0 Å². The highest BCUT2D eigenvalue weighted by molar-refractivity contribution is 6.31. The summed E-state index contributed by atoms with van der Waals surface area (Å²) in [5.41, 5.74) is 0.499. The van der Waals surface area contributed by atoms with Gasteiger partial charge in [0, 0.05) is 38.0 Å². The highest BCUT2D eigenvalue weighted by Crippen LogP contribution is 2.36. The van der Waals surface area contributed by atoms with Gasteiger partial charge in [-0.25, -0.2) is 0 Å². The fraction of sp³-hybridized carbons (Fsp3) is 0.529. The molecule has 1 aliphatic rings. The minimum Gasteiger partial charge on any atom is -0.384 e. The summed E-state index contributed by atoms with van der Waals surface area (Å²) in [5.74, 6) is 1.03. The van der Waals surface area contributed by atoms with Gasteiger partial charge in [-0.05, 0) is 18.9 Å². The summed E-state index contributed by atoms with van der Waals surface area (Å²) in [6.45, 7) is 1.82. The molecule has 6 nitrogen and oxygen atoms in total. The summed E-state index contributed by atoms with van der Waals surface area (Å²) < 4.78 is 22.0. The van der Waals surface area contributed by atoms with E-state index in [1.54, 1.807) is 14.2 Å². The topological polar surface area (TPSA) is 66.6 Å². The second-order valence-corrected chi connectivity index (χ2v) is 6.33. The number of nitrogens with zero attached hydrogens (tertiary/aromatic N) is 2. The molecule has 130 valence electrons. The lowest BCUT2D eigenvalue weighted by Crippen LogP contribution is -2.38. The van der Waals surface area contributed by atoms with Crippen LogP contribution < -0.4 is 0 Å². The largest absolute Gasteiger partial charge is 0.384 e. The molecule has 1 fully saturated rings. The van der Waals surface area contributed by atoms with Crippen molar-refractivity contribution in [2.75, 3.05) is 34.0 Å². The Kier molecular flexibility index (Phi) is 5.50. The van der Waals surface area contributed by atoms with Gasteiger partial charge in [0.25, 0.3) is 0 Å². The van der Waals surface area contributed by atoms with Crippen molar-refractivity contribution in [3.8, 4) is 0 Å². The lowest BCUT2D eigenvalue weighted by atomic mass is 9.81. The second-order valence-electron chi connectivity index (χ2n) is 5.92. The van der Waals surface area contributed by atoms with Crippen molar-refractivity contribution in [1.82, 2.24) is 10.1 Å². The summed E-state index contributed by atoms with van der Waals surface area (Å²) in [7, 11) is 3.28. The maximum atomic E-state index is 6.28. The molecule has 1 saturated heterocycles. The fourth-order valence-electron chi connectivity index (χ4n) is 3.07. The zero-order chi connectivity index (χ0) is 17.0.